The number of hydrogen-bond acceptors (Lipinski definition) is 4. The zero-order chi connectivity index (χ0) is 22.7. The number of nitrogens with one attached hydrogen (secondary N) is 1. The normalized spacial score (nSPS) is 22.0. The first-order valence-corrected chi connectivity index (χ1v) is 12.3. The molecule has 0 radical (unpaired) electrons. The Morgan fingerprint density at radius 1 is 1.19 bits per heavy atom. The van der Waals surface area contributed by atoms with E-state index in [1.165, 1.54) is 17.0 Å². The van der Waals surface area contributed by atoms with E-state index in [0.29, 0.717) is 5.92 Å². The van der Waals surface area contributed by atoms with Gasteiger partial charge in [-0.05, 0) is 62.2 Å². The van der Waals surface area contributed by atoms with Crippen LogP contribution >= 0.6 is 12.2 Å². The fourth-order valence-corrected chi connectivity index (χ4v) is 5.40. The molecule has 2 aliphatic rings. The lowest BCUT2D eigenvalue weighted by molar-refractivity contribution is 0.0369. The molecule has 4 heterocycles. The summed E-state index contributed by atoms with van der Waals surface area (Å²) in [6.07, 6.45) is 3.02. The Labute approximate surface area is 197 Å². The molecule has 1 N–H and O–H groups in total. The van der Waals surface area contributed by atoms with E-state index in [1.807, 2.05) is 12.3 Å². The highest BCUT2D eigenvalue weighted by Crippen LogP contribution is 2.41. The van der Waals surface area contributed by atoms with Gasteiger partial charge < -0.3 is 19.5 Å². The van der Waals surface area contributed by atoms with E-state index in [-0.39, 0.29) is 12.1 Å². The highest BCUT2D eigenvalue weighted by atomic mass is 32.1. The molecule has 0 saturated carbocycles. The van der Waals surface area contributed by atoms with Crippen molar-refractivity contribution in [1.82, 2.24) is 24.7 Å². The smallest absolute Gasteiger partial charge is 0.170 e. The van der Waals surface area contributed by atoms with Gasteiger partial charge in [0, 0.05) is 50.3 Å². The Morgan fingerprint density at radius 3 is 2.66 bits per heavy atom. The van der Waals surface area contributed by atoms with Crippen molar-refractivity contribution in [2.75, 3.05) is 39.4 Å². The van der Waals surface area contributed by atoms with Gasteiger partial charge in [0.15, 0.2) is 5.11 Å². The quantitative estimate of drug-likeness (QED) is 0.610. The average Bonchev–Trinajstić information content (AvgIpc) is 3.25. The molecule has 2 atom stereocenters. The third-order valence-corrected chi connectivity index (χ3v) is 7.00. The number of aromatic nitrogens is 2. The third kappa shape index (κ3) is 5.00. The lowest BCUT2D eigenvalue weighted by Gasteiger charge is -2.29. The molecule has 32 heavy (non-hydrogen) atoms. The van der Waals surface area contributed by atoms with Crippen LogP contribution in [0.2, 0.25) is 0 Å². The molecule has 4 rings (SSSR count). The molecule has 0 bridgehead atoms. The van der Waals surface area contributed by atoms with Crippen molar-refractivity contribution in [3.8, 4) is 0 Å². The van der Waals surface area contributed by atoms with Crippen molar-refractivity contribution < 1.29 is 4.74 Å². The fourth-order valence-electron chi connectivity index (χ4n) is 5.08. The van der Waals surface area contributed by atoms with E-state index in [2.05, 4.69) is 70.6 Å². The van der Waals surface area contributed by atoms with Gasteiger partial charge in [0.1, 0.15) is 0 Å². The lowest BCUT2D eigenvalue weighted by atomic mass is 9.96. The monoisotopic (exact) mass is 455 g/mol. The first kappa shape index (κ1) is 23.2. The number of thiocarbonyl (C=S) groups is 1. The van der Waals surface area contributed by atoms with E-state index >= 15 is 0 Å². The zero-order valence-corrected chi connectivity index (χ0v) is 20.7. The molecule has 6 nitrogen and oxygen atoms in total. The summed E-state index contributed by atoms with van der Waals surface area (Å²) >= 11 is 5.80. The van der Waals surface area contributed by atoms with Gasteiger partial charge in [0.05, 0.1) is 31.0 Å². The number of morpholine rings is 1. The first-order valence-electron chi connectivity index (χ1n) is 11.9. The Morgan fingerprint density at radius 2 is 1.97 bits per heavy atom. The van der Waals surface area contributed by atoms with Gasteiger partial charge >= 0.3 is 0 Å². The van der Waals surface area contributed by atoms with Gasteiger partial charge in [-0.25, -0.2) is 0 Å². The Hall–Kier alpha value is -1.96. The van der Waals surface area contributed by atoms with Gasteiger partial charge in [-0.2, -0.15) is 0 Å². The highest BCUT2D eigenvalue weighted by Gasteiger charge is 2.41. The fraction of sp³-hybridized carbons (Fsp3) is 0.600. The van der Waals surface area contributed by atoms with Crippen LogP contribution in [0.5, 0.6) is 0 Å². The average molecular weight is 456 g/mol. The van der Waals surface area contributed by atoms with Crippen LogP contribution in [0.3, 0.4) is 0 Å². The van der Waals surface area contributed by atoms with Crippen LogP contribution in [0.4, 0.5) is 0 Å². The van der Waals surface area contributed by atoms with Crippen LogP contribution in [0.25, 0.3) is 0 Å². The third-order valence-electron chi connectivity index (χ3n) is 6.65. The predicted molar refractivity (Wildman–Crippen MR) is 133 cm³/mol. The minimum atomic E-state index is 0.0600. The van der Waals surface area contributed by atoms with Crippen LogP contribution in [-0.2, 0) is 11.3 Å². The predicted octanol–water partition coefficient (Wildman–Crippen LogP) is 3.85. The number of hydrogen-bond donors (Lipinski definition) is 1. The maximum absolute atomic E-state index is 5.80. The standard InChI is InChI=1S/C25H37N5OS/c1-18(2)17-30-24(23(27-25(30)32)22-8-5-6-9-26-22)21-16-19(3)29(20(21)4)11-7-10-28-12-14-31-15-13-28/h5-6,8-9,16,18,23-24H,7,10-15,17H2,1-4H3,(H,27,32)/t23-,24+/m1/s1. The van der Waals surface area contributed by atoms with Gasteiger partial charge in [-0.1, -0.05) is 19.9 Å². The molecule has 0 spiro atoms. The molecule has 0 aromatic carbocycles. The molecule has 2 fully saturated rings. The maximum Gasteiger partial charge on any atom is 0.170 e. The number of nitrogens with zero attached hydrogens (tertiary/aromatic N) is 4. The summed E-state index contributed by atoms with van der Waals surface area (Å²) in [5.74, 6) is 0.525. The summed E-state index contributed by atoms with van der Waals surface area (Å²) in [5.41, 5.74) is 5.07. The summed E-state index contributed by atoms with van der Waals surface area (Å²) in [5, 5.41) is 4.41. The van der Waals surface area contributed by atoms with E-state index < -0.39 is 0 Å². The molecule has 2 aromatic heterocycles. The first-order chi connectivity index (χ1) is 15.5. The zero-order valence-electron chi connectivity index (χ0n) is 19.9. The topological polar surface area (TPSA) is 45.6 Å². The highest BCUT2D eigenvalue weighted by molar-refractivity contribution is 7.80. The lowest BCUT2D eigenvalue weighted by Crippen LogP contribution is -2.37. The summed E-state index contributed by atoms with van der Waals surface area (Å²) < 4.78 is 7.97. The van der Waals surface area contributed by atoms with Crippen LogP contribution in [-0.4, -0.2) is 63.9 Å². The number of pyridine rings is 1. The van der Waals surface area contributed by atoms with Crippen molar-refractivity contribution in [2.45, 2.75) is 52.7 Å². The molecule has 174 valence electrons. The van der Waals surface area contributed by atoms with Gasteiger partial charge in [0.25, 0.3) is 0 Å². The summed E-state index contributed by atoms with van der Waals surface area (Å²) in [7, 11) is 0. The van der Waals surface area contributed by atoms with Gasteiger partial charge in [-0.3, -0.25) is 9.88 Å². The number of ether oxygens (including phenoxy) is 1. The second kappa shape index (κ2) is 10.3. The van der Waals surface area contributed by atoms with E-state index in [0.717, 1.165) is 63.2 Å². The molecule has 7 heteroatoms. The Bertz CT molecular complexity index is 907. The molecular weight excluding hydrogens is 418 g/mol. The molecule has 2 aliphatic heterocycles. The van der Waals surface area contributed by atoms with E-state index in [1.54, 1.807) is 0 Å². The molecular formula is C25H37N5OS. The van der Waals surface area contributed by atoms with Gasteiger partial charge in [-0.15, -0.1) is 0 Å². The summed E-state index contributed by atoms with van der Waals surface area (Å²) in [6.45, 7) is 15.9. The van der Waals surface area contributed by atoms with Crippen molar-refractivity contribution in [1.29, 1.82) is 0 Å². The molecule has 0 amide bonds. The van der Waals surface area contributed by atoms with Crippen LogP contribution in [0.15, 0.2) is 30.5 Å². The molecule has 0 unspecified atom stereocenters. The number of rotatable bonds is 8. The van der Waals surface area contributed by atoms with Gasteiger partial charge in [0.2, 0.25) is 0 Å². The minimum absolute atomic E-state index is 0.0600. The van der Waals surface area contributed by atoms with E-state index in [9.17, 15) is 0 Å². The second-order valence-electron chi connectivity index (χ2n) is 9.46. The van der Waals surface area contributed by atoms with Crippen molar-refractivity contribution >= 4 is 17.3 Å². The second-order valence-corrected chi connectivity index (χ2v) is 9.85. The number of aryl methyl sites for hydroxylation is 1. The summed E-state index contributed by atoms with van der Waals surface area (Å²) in [6, 6.07) is 8.72. The van der Waals surface area contributed by atoms with Crippen LogP contribution in [0.1, 0.15) is 55.0 Å². The molecule has 2 saturated heterocycles. The Balaban J connectivity index is 1.58. The maximum atomic E-state index is 5.80. The molecule has 2 aromatic rings. The van der Waals surface area contributed by atoms with Crippen molar-refractivity contribution in [2.24, 2.45) is 5.92 Å². The van der Waals surface area contributed by atoms with E-state index in [4.69, 9.17) is 17.0 Å². The SMILES string of the molecule is Cc1cc([C@H]2[C@@H](c3ccccn3)NC(=S)N2CC(C)C)c(C)n1CCCN1CCOCC1. The van der Waals surface area contributed by atoms with Crippen LogP contribution in [0, 0.1) is 19.8 Å². The van der Waals surface area contributed by atoms with Crippen molar-refractivity contribution in [3.63, 3.8) is 0 Å². The Kier molecular flexibility index (Phi) is 7.48. The largest absolute Gasteiger partial charge is 0.379 e. The minimum Gasteiger partial charge on any atom is -0.379 e. The van der Waals surface area contributed by atoms with Crippen molar-refractivity contribution in [3.05, 3.63) is 53.1 Å². The van der Waals surface area contributed by atoms with Crippen LogP contribution < -0.4 is 5.32 Å². The summed E-state index contributed by atoms with van der Waals surface area (Å²) in [4.78, 5) is 9.56. The molecule has 0 aliphatic carbocycles.